The molecule has 11 heteroatoms. The molecule has 0 atom stereocenters. The summed E-state index contributed by atoms with van der Waals surface area (Å²) in [6.07, 6.45) is -5.20. The van der Waals surface area contributed by atoms with Crippen LogP contribution in [0.2, 0.25) is 0 Å². The molecule has 0 saturated heterocycles. The van der Waals surface area contributed by atoms with Crippen molar-refractivity contribution in [2.45, 2.75) is 44.6 Å². The lowest BCUT2D eigenvalue weighted by Gasteiger charge is -2.18. The van der Waals surface area contributed by atoms with Crippen LogP contribution >= 0.6 is 0 Å². The summed E-state index contributed by atoms with van der Waals surface area (Å²) in [6.45, 7) is 0.184. The minimum Gasteiger partial charge on any atom is -0.494 e. The molecule has 0 aliphatic rings. The number of esters is 1. The van der Waals surface area contributed by atoms with Gasteiger partial charge in [-0.15, -0.1) is 0 Å². The highest BCUT2D eigenvalue weighted by Crippen LogP contribution is 2.32. The van der Waals surface area contributed by atoms with E-state index in [-0.39, 0.29) is 25.4 Å². The molecule has 4 N–H and O–H groups in total. The van der Waals surface area contributed by atoms with E-state index in [0.717, 1.165) is 0 Å². The van der Waals surface area contributed by atoms with Gasteiger partial charge >= 0.3 is 18.3 Å². The molecule has 0 amide bonds. The number of anilines is 2. The normalized spacial score (nSPS) is 11.9. The number of unbranched alkanes of at least 4 members (excludes halogenated alkanes) is 2. The van der Waals surface area contributed by atoms with Gasteiger partial charge in [0.1, 0.15) is 18.1 Å². The monoisotopic (exact) mass is 564 g/mol. The number of carbonyl (C=O) groups excluding carboxylic acids is 1. The third kappa shape index (κ3) is 10.5. The number of ether oxygens (including phenoxy) is 3. The summed E-state index contributed by atoms with van der Waals surface area (Å²) in [5, 5.41) is 0. The van der Waals surface area contributed by atoms with Crippen LogP contribution < -0.4 is 20.9 Å². The Hall–Kier alpha value is -4.28. The Morgan fingerprint density at radius 2 is 1.43 bits per heavy atom. The molecule has 3 rings (SSSR count). The lowest BCUT2D eigenvalue weighted by Crippen LogP contribution is -2.21. The maximum absolute atomic E-state index is 14.7. The van der Waals surface area contributed by atoms with Crippen molar-refractivity contribution in [1.82, 2.24) is 0 Å². The van der Waals surface area contributed by atoms with Gasteiger partial charge in [0.05, 0.1) is 12.2 Å². The highest BCUT2D eigenvalue weighted by Gasteiger charge is 2.34. The molecule has 0 unspecified atom stereocenters. The molecule has 0 radical (unpaired) electrons. The molecule has 0 saturated carbocycles. The molecular formula is C29H29F5N2O4. The van der Waals surface area contributed by atoms with E-state index in [1.807, 2.05) is 0 Å². The molecular weight excluding hydrogens is 535 g/mol. The van der Waals surface area contributed by atoms with Gasteiger partial charge in [0.25, 0.3) is 0 Å². The SMILES string of the molecule is Nc1cc(N)cc(COC(=O)/C=C/c2ccc(C(F)(F)Oc3ccc(OCCCCCC(F)(F)F)cc3)cc2)c1. The molecule has 0 aliphatic heterocycles. The molecule has 6 nitrogen and oxygen atoms in total. The minimum absolute atomic E-state index is 0.0276. The van der Waals surface area contributed by atoms with Crippen LogP contribution in [0.5, 0.6) is 11.5 Å². The van der Waals surface area contributed by atoms with Gasteiger partial charge in [-0.25, -0.2) is 4.79 Å². The van der Waals surface area contributed by atoms with Gasteiger partial charge in [0, 0.05) is 23.9 Å². The fourth-order valence-corrected chi connectivity index (χ4v) is 3.59. The maximum Gasteiger partial charge on any atom is 0.426 e. The van der Waals surface area contributed by atoms with Crippen molar-refractivity contribution in [3.8, 4) is 11.5 Å². The second-order valence-electron chi connectivity index (χ2n) is 8.94. The Bertz CT molecular complexity index is 1260. The van der Waals surface area contributed by atoms with E-state index in [2.05, 4.69) is 0 Å². The molecule has 0 aliphatic carbocycles. The van der Waals surface area contributed by atoms with Crippen LogP contribution in [0, 0.1) is 0 Å². The van der Waals surface area contributed by atoms with E-state index in [1.54, 1.807) is 18.2 Å². The van der Waals surface area contributed by atoms with E-state index in [9.17, 15) is 26.7 Å². The first-order valence-electron chi connectivity index (χ1n) is 12.4. The average Bonchev–Trinajstić information content (AvgIpc) is 2.88. The molecule has 0 bridgehead atoms. The molecule has 40 heavy (non-hydrogen) atoms. The first kappa shape index (κ1) is 30.3. The quantitative estimate of drug-likeness (QED) is 0.0747. The van der Waals surface area contributed by atoms with Crippen molar-refractivity contribution in [3.05, 3.63) is 89.5 Å². The minimum atomic E-state index is -4.16. The largest absolute Gasteiger partial charge is 0.494 e. The molecule has 0 heterocycles. The average molecular weight is 565 g/mol. The Morgan fingerprint density at radius 3 is 2.05 bits per heavy atom. The molecule has 0 spiro atoms. The van der Waals surface area contributed by atoms with Crippen LogP contribution in [-0.2, 0) is 22.2 Å². The van der Waals surface area contributed by atoms with Crippen LogP contribution in [0.1, 0.15) is 42.4 Å². The highest BCUT2D eigenvalue weighted by atomic mass is 19.4. The lowest BCUT2D eigenvalue weighted by atomic mass is 10.1. The Morgan fingerprint density at radius 1 is 0.800 bits per heavy atom. The van der Waals surface area contributed by atoms with Gasteiger partial charge < -0.3 is 25.7 Å². The molecule has 3 aromatic carbocycles. The summed E-state index contributed by atoms with van der Waals surface area (Å²) in [5.74, 6) is -0.345. The number of nitrogen functional groups attached to an aromatic ring is 2. The Kier molecular flexibility index (Phi) is 10.4. The first-order valence-corrected chi connectivity index (χ1v) is 12.4. The maximum atomic E-state index is 14.7. The number of rotatable bonds is 13. The van der Waals surface area contributed by atoms with E-state index in [0.29, 0.717) is 41.1 Å². The van der Waals surface area contributed by atoms with Gasteiger partial charge in [-0.2, -0.15) is 22.0 Å². The van der Waals surface area contributed by atoms with E-state index in [1.165, 1.54) is 60.7 Å². The van der Waals surface area contributed by atoms with Gasteiger partial charge in [-0.1, -0.05) is 12.1 Å². The Balaban J connectivity index is 1.45. The van der Waals surface area contributed by atoms with Gasteiger partial charge in [-0.3, -0.25) is 0 Å². The van der Waals surface area contributed by atoms with Crippen molar-refractivity contribution >= 4 is 23.4 Å². The topological polar surface area (TPSA) is 96.8 Å². The number of hydrogen-bond donors (Lipinski definition) is 2. The number of carbonyl (C=O) groups is 1. The molecule has 3 aromatic rings. The molecule has 0 aromatic heterocycles. The van der Waals surface area contributed by atoms with Gasteiger partial charge in [0.15, 0.2) is 0 Å². The zero-order valence-electron chi connectivity index (χ0n) is 21.4. The number of halogens is 5. The summed E-state index contributed by atoms with van der Waals surface area (Å²) in [6, 6.07) is 15.5. The van der Waals surface area contributed by atoms with Crippen LogP contribution in [0.4, 0.5) is 33.3 Å². The van der Waals surface area contributed by atoms with Crippen LogP contribution in [0.3, 0.4) is 0 Å². The zero-order chi connectivity index (χ0) is 29.2. The summed E-state index contributed by atoms with van der Waals surface area (Å²) >= 11 is 0. The number of alkyl halides is 5. The summed E-state index contributed by atoms with van der Waals surface area (Å²) in [7, 11) is 0. The van der Waals surface area contributed by atoms with Crippen molar-refractivity contribution in [3.63, 3.8) is 0 Å². The third-order valence-electron chi connectivity index (χ3n) is 5.52. The fourth-order valence-electron chi connectivity index (χ4n) is 3.59. The second kappa shape index (κ2) is 13.7. The van der Waals surface area contributed by atoms with Crippen LogP contribution in [0.15, 0.2) is 72.8 Å². The smallest absolute Gasteiger partial charge is 0.426 e. The van der Waals surface area contributed by atoms with E-state index in [4.69, 9.17) is 25.7 Å². The molecule has 214 valence electrons. The van der Waals surface area contributed by atoms with Crippen LogP contribution in [-0.4, -0.2) is 18.8 Å². The predicted molar refractivity (Wildman–Crippen MR) is 142 cm³/mol. The van der Waals surface area contributed by atoms with Crippen molar-refractivity contribution in [2.24, 2.45) is 0 Å². The standard InChI is InChI=1S/C29H29F5N2O4/c30-28(31,32)14-2-1-3-15-38-25-9-11-26(12-10-25)40-29(33,34)22-7-4-20(5-8-22)6-13-27(37)39-19-21-16-23(35)18-24(36)17-21/h4-13,16-18H,1-3,14-15,19,35-36H2/b13-6+. The second-order valence-corrected chi connectivity index (χ2v) is 8.94. The van der Waals surface area contributed by atoms with E-state index < -0.39 is 30.2 Å². The van der Waals surface area contributed by atoms with Crippen molar-refractivity contribution in [2.75, 3.05) is 18.1 Å². The van der Waals surface area contributed by atoms with Crippen molar-refractivity contribution in [1.29, 1.82) is 0 Å². The van der Waals surface area contributed by atoms with Gasteiger partial charge in [-0.05, 0) is 91.1 Å². The highest BCUT2D eigenvalue weighted by molar-refractivity contribution is 5.87. The molecule has 0 fully saturated rings. The zero-order valence-corrected chi connectivity index (χ0v) is 21.4. The van der Waals surface area contributed by atoms with Gasteiger partial charge in [0.2, 0.25) is 0 Å². The summed E-state index contributed by atoms with van der Waals surface area (Å²) < 4.78 is 81.2. The first-order chi connectivity index (χ1) is 18.9. The van der Waals surface area contributed by atoms with Crippen LogP contribution in [0.25, 0.3) is 6.08 Å². The van der Waals surface area contributed by atoms with E-state index >= 15 is 0 Å². The number of hydrogen-bond acceptors (Lipinski definition) is 6. The predicted octanol–water partition coefficient (Wildman–Crippen LogP) is 7.24. The number of nitrogens with two attached hydrogens (primary N) is 2. The third-order valence-corrected chi connectivity index (χ3v) is 5.52. The van der Waals surface area contributed by atoms with Crippen molar-refractivity contribution < 1.29 is 41.0 Å². The Labute approximate surface area is 228 Å². The fraction of sp³-hybridized carbons (Fsp3) is 0.276. The summed E-state index contributed by atoms with van der Waals surface area (Å²) in [4.78, 5) is 12.0. The number of benzene rings is 3. The lowest BCUT2D eigenvalue weighted by molar-refractivity contribution is -0.185. The summed E-state index contributed by atoms with van der Waals surface area (Å²) in [5.41, 5.74) is 13.0.